The number of hydrogen-bond acceptors (Lipinski definition) is 3. The van der Waals surface area contributed by atoms with Gasteiger partial charge in [0.2, 0.25) is 0 Å². The Labute approximate surface area is 112 Å². The molecule has 0 radical (unpaired) electrons. The van der Waals surface area contributed by atoms with E-state index in [2.05, 4.69) is 11.6 Å². The van der Waals surface area contributed by atoms with E-state index < -0.39 is 5.97 Å². The van der Waals surface area contributed by atoms with E-state index in [0.29, 0.717) is 11.4 Å². The molecule has 2 aromatic rings. The van der Waals surface area contributed by atoms with Crippen molar-refractivity contribution in [2.24, 2.45) is 0 Å². The monoisotopic (exact) mass is 253 g/mol. The molecule has 0 spiro atoms. The minimum Gasteiger partial charge on any atom is -0.464 e. The summed E-state index contributed by atoms with van der Waals surface area (Å²) in [6, 6.07) is 11.8. The summed E-state index contributed by atoms with van der Waals surface area (Å²) in [6.45, 7) is 5.58. The molecule has 0 aliphatic heterocycles. The van der Waals surface area contributed by atoms with Crippen LogP contribution in [-0.2, 0) is 4.74 Å². The highest BCUT2D eigenvalue weighted by atomic mass is 16.5. The van der Waals surface area contributed by atoms with E-state index in [0.717, 1.165) is 16.7 Å². The van der Waals surface area contributed by atoms with Crippen LogP contribution in [0.2, 0.25) is 0 Å². The number of rotatable bonds is 3. The van der Waals surface area contributed by atoms with Crippen LogP contribution in [0.1, 0.15) is 21.7 Å². The van der Waals surface area contributed by atoms with Gasteiger partial charge in [-0.15, -0.1) is 0 Å². The molecule has 0 aliphatic carbocycles. The fourth-order valence-electron chi connectivity index (χ4n) is 1.95. The number of ether oxygens (including phenoxy) is 1. The fraction of sp³-hybridized carbons (Fsp3) is 0.125. The second kappa shape index (κ2) is 5.48. The van der Waals surface area contributed by atoms with Gasteiger partial charge in [-0.05, 0) is 35.8 Å². The maximum atomic E-state index is 11.8. The molecule has 19 heavy (non-hydrogen) atoms. The summed E-state index contributed by atoms with van der Waals surface area (Å²) in [5, 5.41) is 0. The topological polar surface area (TPSA) is 39.2 Å². The number of methoxy groups -OCH3 is 1. The molecule has 0 unspecified atom stereocenters. The molecule has 0 atom stereocenters. The number of carbonyl (C=O) groups is 1. The highest BCUT2D eigenvalue weighted by molar-refractivity contribution is 5.91. The van der Waals surface area contributed by atoms with Gasteiger partial charge in [-0.3, -0.25) is 0 Å². The van der Waals surface area contributed by atoms with Crippen molar-refractivity contribution < 1.29 is 9.53 Å². The van der Waals surface area contributed by atoms with Gasteiger partial charge >= 0.3 is 5.97 Å². The van der Waals surface area contributed by atoms with Gasteiger partial charge in [0, 0.05) is 0 Å². The predicted octanol–water partition coefficient (Wildman–Crippen LogP) is 3.49. The largest absolute Gasteiger partial charge is 0.464 e. The molecule has 1 aromatic heterocycles. The van der Waals surface area contributed by atoms with Gasteiger partial charge in [-0.1, -0.05) is 36.9 Å². The van der Waals surface area contributed by atoms with Crippen LogP contribution in [0.15, 0.2) is 43.0 Å². The van der Waals surface area contributed by atoms with Crippen LogP contribution >= 0.6 is 0 Å². The molecule has 2 rings (SSSR count). The maximum Gasteiger partial charge on any atom is 0.356 e. The highest BCUT2D eigenvalue weighted by Gasteiger charge is 2.16. The highest BCUT2D eigenvalue weighted by Crippen LogP contribution is 2.26. The number of carbonyl (C=O) groups excluding carboxylic acids is 1. The van der Waals surface area contributed by atoms with Crippen molar-refractivity contribution in [3.05, 3.63) is 59.9 Å². The SMILES string of the molecule is C=Cc1cc(-c2ccccc2)c(C)c(C(=O)OC)n1. The number of esters is 1. The molecule has 0 N–H and O–H groups in total. The Morgan fingerprint density at radius 3 is 2.58 bits per heavy atom. The van der Waals surface area contributed by atoms with Crippen LogP contribution in [0.3, 0.4) is 0 Å². The minimum atomic E-state index is -0.432. The zero-order valence-corrected chi connectivity index (χ0v) is 11.0. The Morgan fingerprint density at radius 2 is 2.00 bits per heavy atom. The Morgan fingerprint density at radius 1 is 1.32 bits per heavy atom. The third-order valence-electron chi connectivity index (χ3n) is 2.97. The third-order valence-corrected chi connectivity index (χ3v) is 2.97. The molecule has 0 bridgehead atoms. The van der Waals surface area contributed by atoms with E-state index >= 15 is 0 Å². The lowest BCUT2D eigenvalue weighted by Gasteiger charge is -2.11. The van der Waals surface area contributed by atoms with Gasteiger partial charge in [0.25, 0.3) is 0 Å². The van der Waals surface area contributed by atoms with E-state index in [1.54, 1.807) is 6.08 Å². The van der Waals surface area contributed by atoms with Crippen molar-refractivity contribution in [3.8, 4) is 11.1 Å². The zero-order chi connectivity index (χ0) is 13.8. The predicted molar refractivity (Wildman–Crippen MR) is 75.8 cm³/mol. The van der Waals surface area contributed by atoms with Gasteiger partial charge < -0.3 is 4.74 Å². The number of nitrogens with zero attached hydrogens (tertiary/aromatic N) is 1. The third kappa shape index (κ3) is 2.55. The van der Waals surface area contributed by atoms with Crippen molar-refractivity contribution in [2.75, 3.05) is 7.11 Å². The lowest BCUT2D eigenvalue weighted by Crippen LogP contribution is -2.09. The average molecular weight is 253 g/mol. The lowest BCUT2D eigenvalue weighted by atomic mass is 9.99. The van der Waals surface area contributed by atoms with E-state index in [-0.39, 0.29) is 0 Å². The first-order valence-electron chi connectivity index (χ1n) is 5.95. The molecule has 0 fully saturated rings. The molecule has 3 heteroatoms. The molecular weight excluding hydrogens is 238 g/mol. The molecule has 0 aliphatic rings. The summed E-state index contributed by atoms with van der Waals surface area (Å²) in [7, 11) is 1.35. The molecule has 3 nitrogen and oxygen atoms in total. The lowest BCUT2D eigenvalue weighted by molar-refractivity contribution is 0.0593. The summed E-state index contributed by atoms with van der Waals surface area (Å²) in [6.07, 6.45) is 1.62. The van der Waals surface area contributed by atoms with Crippen molar-refractivity contribution in [2.45, 2.75) is 6.92 Å². The normalized spacial score (nSPS) is 10.0. The van der Waals surface area contributed by atoms with Crippen LogP contribution < -0.4 is 0 Å². The number of pyridine rings is 1. The van der Waals surface area contributed by atoms with Gasteiger partial charge in [-0.25, -0.2) is 9.78 Å². The van der Waals surface area contributed by atoms with Crippen LogP contribution in [0, 0.1) is 6.92 Å². The maximum absolute atomic E-state index is 11.8. The molecule has 1 aromatic carbocycles. The second-order valence-corrected chi connectivity index (χ2v) is 4.13. The number of benzene rings is 1. The van der Waals surface area contributed by atoms with E-state index in [1.807, 2.05) is 43.3 Å². The van der Waals surface area contributed by atoms with E-state index in [1.165, 1.54) is 7.11 Å². The fourth-order valence-corrected chi connectivity index (χ4v) is 1.95. The van der Waals surface area contributed by atoms with Crippen molar-refractivity contribution in [1.82, 2.24) is 4.98 Å². The van der Waals surface area contributed by atoms with Gasteiger partial charge in [0.1, 0.15) is 0 Å². The summed E-state index contributed by atoms with van der Waals surface area (Å²) >= 11 is 0. The van der Waals surface area contributed by atoms with Crippen molar-refractivity contribution in [1.29, 1.82) is 0 Å². The van der Waals surface area contributed by atoms with E-state index in [4.69, 9.17) is 4.74 Å². The summed E-state index contributed by atoms with van der Waals surface area (Å²) in [4.78, 5) is 16.0. The van der Waals surface area contributed by atoms with Crippen molar-refractivity contribution in [3.63, 3.8) is 0 Å². The zero-order valence-electron chi connectivity index (χ0n) is 11.0. The first-order valence-corrected chi connectivity index (χ1v) is 5.95. The average Bonchev–Trinajstić information content (AvgIpc) is 2.47. The van der Waals surface area contributed by atoms with Gasteiger partial charge in [-0.2, -0.15) is 0 Å². The van der Waals surface area contributed by atoms with Gasteiger partial charge in [0.15, 0.2) is 5.69 Å². The first-order chi connectivity index (χ1) is 9.17. The van der Waals surface area contributed by atoms with E-state index in [9.17, 15) is 4.79 Å². The Balaban J connectivity index is 2.67. The number of aromatic nitrogens is 1. The first kappa shape index (κ1) is 13.0. The Kier molecular flexibility index (Phi) is 3.76. The molecule has 1 heterocycles. The van der Waals surface area contributed by atoms with Crippen LogP contribution in [0.4, 0.5) is 0 Å². The molecule has 0 amide bonds. The summed E-state index contributed by atoms with van der Waals surface area (Å²) in [5.74, 6) is -0.432. The summed E-state index contributed by atoms with van der Waals surface area (Å²) < 4.78 is 4.77. The molecule has 0 saturated heterocycles. The Bertz CT molecular complexity index is 618. The smallest absolute Gasteiger partial charge is 0.356 e. The standard InChI is InChI=1S/C16H15NO2/c1-4-13-10-14(12-8-6-5-7-9-12)11(2)15(17-13)16(18)19-3/h4-10H,1H2,2-3H3. The Hall–Kier alpha value is -2.42. The summed E-state index contributed by atoms with van der Waals surface area (Å²) in [5.41, 5.74) is 3.80. The van der Waals surface area contributed by atoms with Crippen molar-refractivity contribution >= 4 is 12.0 Å². The second-order valence-electron chi connectivity index (χ2n) is 4.13. The quantitative estimate of drug-likeness (QED) is 0.786. The molecule has 96 valence electrons. The molecular formula is C16H15NO2. The minimum absolute atomic E-state index is 0.332. The van der Waals surface area contributed by atoms with Gasteiger partial charge in [0.05, 0.1) is 12.8 Å². The van der Waals surface area contributed by atoms with Crippen LogP contribution in [0.25, 0.3) is 17.2 Å². The number of hydrogen-bond donors (Lipinski definition) is 0. The van der Waals surface area contributed by atoms with Crippen LogP contribution in [0.5, 0.6) is 0 Å². The molecule has 0 saturated carbocycles. The van der Waals surface area contributed by atoms with Crippen LogP contribution in [-0.4, -0.2) is 18.1 Å².